The van der Waals surface area contributed by atoms with E-state index in [0.717, 1.165) is 19.7 Å². The third-order valence-corrected chi connectivity index (χ3v) is 2.20. The molecule has 2 nitrogen and oxygen atoms in total. The largest absolute Gasteiger partial charge is 0.384 e. The van der Waals surface area contributed by atoms with Gasteiger partial charge in [-0.2, -0.15) is 0 Å². The van der Waals surface area contributed by atoms with Crippen LogP contribution in [0.4, 0.5) is 0 Å². The lowest BCUT2D eigenvalue weighted by atomic mass is 9.80. The van der Waals surface area contributed by atoms with Gasteiger partial charge < -0.3 is 10.1 Å². The molecular weight excluding hydrogens is 114 g/mol. The molecule has 0 aromatic heterocycles. The minimum atomic E-state index is 0.481. The Balaban J connectivity index is 2.28. The summed E-state index contributed by atoms with van der Waals surface area (Å²) in [6.45, 7) is 5.41. The van der Waals surface area contributed by atoms with Gasteiger partial charge in [-0.3, -0.25) is 0 Å². The van der Waals surface area contributed by atoms with Crippen molar-refractivity contribution >= 4 is 0 Å². The highest BCUT2D eigenvalue weighted by molar-refractivity contribution is 4.90. The molecule has 0 bridgehead atoms. The Morgan fingerprint density at radius 1 is 1.56 bits per heavy atom. The molecule has 1 saturated heterocycles. The molecule has 0 aliphatic carbocycles. The minimum Gasteiger partial charge on any atom is -0.384 e. The lowest BCUT2D eigenvalue weighted by Gasteiger charge is -2.41. The van der Waals surface area contributed by atoms with E-state index in [4.69, 9.17) is 4.74 Å². The molecule has 0 radical (unpaired) electrons. The summed E-state index contributed by atoms with van der Waals surface area (Å²) in [6, 6.07) is 0. The molecule has 0 aromatic carbocycles. The molecule has 0 atom stereocenters. The molecule has 0 unspecified atom stereocenters. The quantitative estimate of drug-likeness (QED) is 0.603. The standard InChI is InChI=1S/C7H15NO/c1-3-7(6-9-2)4-8-5-7/h8H,3-6H2,1-2H3. The van der Waals surface area contributed by atoms with Crippen LogP contribution in [0.2, 0.25) is 0 Å². The Bertz CT molecular complexity index is 83.4. The van der Waals surface area contributed by atoms with Gasteiger partial charge in [0.1, 0.15) is 0 Å². The third kappa shape index (κ3) is 1.25. The number of rotatable bonds is 3. The van der Waals surface area contributed by atoms with Crippen molar-refractivity contribution in [2.75, 3.05) is 26.8 Å². The number of methoxy groups -OCH3 is 1. The van der Waals surface area contributed by atoms with Gasteiger partial charge in [0.15, 0.2) is 0 Å². The van der Waals surface area contributed by atoms with Gasteiger partial charge in [-0.15, -0.1) is 0 Å². The van der Waals surface area contributed by atoms with Gasteiger partial charge in [-0.25, -0.2) is 0 Å². The molecule has 0 saturated carbocycles. The molecular formula is C7H15NO. The zero-order valence-corrected chi connectivity index (χ0v) is 6.24. The molecule has 1 aliphatic heterocycles. The number of nitrogens with one attached hydrogen (secondary N) is 1. The predicted octanol–water partition coefficient (Wildman–Crippen LogP) is 0.632. The first-order chi connectivity index (χ1) is 4.33. The van der Waals surface area contributed by atoms with Crippen LogP contribution in [-0.4, -0.2) is 26.8 Å². The summed E-state index contributed by atoms with van der Waals surface area (Å²) in [5.41, 5.74) is 0.481. The Labute approximate surface area is 56.6 Å². The highest BCUT2D eigenvalue weighted by atomic mass is 16.5. The van der Waals surface area contributed by atoms with Gasteiger partial charge in [0.05, 0.1) is 6.61 Å². The van der Waals surface area contributed by atoms with E-state index in [0.29, 0.717) is 5.41 Å². The fraction of sp³-hybridized carbons (Fsp3) is 1.00. The lowest BCUT2D eigenvalue weighted by molar-refractivity contribution is 0.0343. The Hall–Kier alpha value is -0.0800. The van der Waals surface area contributed by atoms with E-state index in [1.807, 2.05) is 0 Å². The summed E-state index contributed by atoms with van der Waals surface area (Å²) in [4.78, 5) is 0. The fourth-order valence-corrected chi connectivity index (χ4v) is 1.24. The van der Waals surface area contributed by atoms with Gasteiger partial charge in [-0.1, -0.05) is 6.92 Å². The van der Waals surface area contributed by atoms with Gasteiger partial charge in [0.2, 0.25) is 0 Å². The molecule has 0 amide bonds. The van der Waals surface area contributed by atoms with Gasteiger partial charge >= 0.3 is 0 Å². The summed E-state index contributed by atoms with van der Waals surface area (Å²) in [5, 5.41) is 3.26. The van der Waals surface area contributed by atoms with Crippen molar-refractivity contribution in [1.29, 1.82) is 0 Å². The lowest BCUT2D eigenvalue weighted by Crippen LogP contribution is -2.55. The maximum Gasteiger partial charge on any atom is 0.0542 e. The summed E-state index contributed by atoms with van der Waals surface area (Å²) in [5.74, 6) is 0. The van der Waals surface area contributed by atoms with Gasteiger partial charge in [-0.05, 0) is 6.42 Å². The first kappa shape index (κ1) is 7.03. The number of hydrogen-bond acceptors (Lipinski definition) is 2. The SMILES string of the molecule is CCC1(COC)CNC1. The van der Waals surface area contributed by atoms with Crippen molar-refractivity contribution in [3.05, 3.63) is 0 Å². The molecule has 1 aliphatic rings. The molecule has 1 heterocycles. The predicted molar refractivity (Wildman–Crippen MR) is 37.5 cm³/mol. The Kier molecular flexibility index (Phi) is 2.09. The van der Waals surface area contributed by atoms with E-state index in [-0.39, 0.29) is 0 Å². The van der Waals surface area contributed by atoms with Crippen LogP contribution in [-0.2, 0) is 4.74 Å². The third-order valence-electron chi connectivity index (χ3n) is 2.20. The van der Waals surface area contributed by atoms with Crippen LogP contribution in [0.15, 0.2) is 0 Å². The summed E-state index contributed by atoms with van der Waals surface area (Å²) < 4.78 is 5.10. The normalized spacial score (nSPS) is 23.3. The molecule has 0 spiro atoms. The summed E-state index contributed by atoms with van der Waals surface area (Å²) >= 11 is 0. The molecule has 0 aromatic rings. The van der Waals surface area contributed by atoms with Crippen LogP contribution >= 0.6 is 0 Å². The van der Waals surface area contributed by atoms with Crippen LogP contribution in [0.25, 0.3) is 0 Å². The summed E-state index contributed by atoms with van der Waals surface area (Å²) in [7, 11) is 1.77. The van der Waals surface area contributed by atoms with E-state index >= 15 is 0 Å². The molecule has 1 rings (SSSR count). The topological polar surface area (TPSA) is 21.3 Å². The van der Waals surface area contributed by atoms with Crippen molar-refractivity contribution < 1.29 is 4.74 Å². The van der Waals surface area contributed by atoms with E-state index < -0.39 is 0 Å². The van der Waals surface area contributed by atoms with E-state index in [2.05, 4.69) is 12.2 Å². The second-order valence-corrected chi connectivity index (χ2v) is 2.89. The zero-order valence-electron chi connectivity index (χ0n) is 6.24. The Morgan fingerprint density at radius 3 is 2.33 bits per heavy atom. The first-order valence-corrected chi connectivity index (χ1v) is 3.53. The van der Waals surface area contributed by atoms with Gasteiger partial charge in [0.25, 0.3) is 0 Å². The van der Waals surface area contributed by atoms with E-state index in [1.165, 1.54) is 6.42 Å². The van der Waals surface area contributed by atoms with Crippen LogP contribution < -0.4 is 5.32 Å². The van der Waals surface area contributed by atoms with Gasteiger partial charge in [0, 0.05) is 25.6 Å². The van der Waals surface area contributed by atoms with Crippen LogP contribution in [0.1, 0.15) is 13.3 Å². The zero-order chi connectivity index (χ0) is 6.74. The van der Waals surface area contributed by atoms with Crippen LogP contribution in [0, 0.1) is 5.41 Å². The van der Waals surface area contributed by atoms with Crippen molar-refractivity contribution in [2.24, 2.45) is 5.41 Å². The highest BCUT2D eigenvalue weighted by Crippen LogP contribution is 2.26. The van der Waals surface area contributed by atoms with Crippen LogP contribution in [0.3, 0.4) is 0 Å². The minimum absolute atomic E-state index is 0.481. The molecule has 54 valence electrons. The molecule has 1 N–H and O–H groups in total. The average Bonchev–Trinajstić information content (AvgIpc) is 1.79. The monoisotopic (exact) mass is 129 g/mol. The van der Waals surface area contributed by atoms with Crippen molar-refractivity contribution in [2.45, 2.75) is 13.3 Å². The van der Waals surface area contributed by atoms with Crippen molar-refractivity contribution in [1.82, 2.24) is 5.32 Å². The number of hydrogen-bond donors (Lipinski definition) is 1. The van der Waals surface area contributed by atoms with Crippen molar-refractivity contribution in [3.8, 4) is 0 Å². The first-order valence-electron chi connectivity index (χ1n) is 3.53. The van der Waals surface area contributed by atoms with E-state index in [9.17, 15) is 0 Å². The highest BCUT2D eigenvalue weighted by Gasteiger charge is 2.34. The average molecular weight is 129 g/mol. The second kappa shape index (κ2) is 2.67. The molecule has 9 heavy (non-hydrogen) atoms. The molecule has 1 fully saturated rings. The maximum atomic E-state index is 5.10. The van der Waals surface area contributed by atoms with Crippen molar-refractivity contribution in [3.63, 3.8) is 0 Å². The maximum absolute atomic E-state index is 5.10. The molecule has 2 heteroatoms. The number of ether oxygens (including phenoxy) is 1. The Morgan fingerprint density at radius 2 is 2.22 bits per heavy atom. The smallest absolute Gasteiger partial charge is 0.0542 e. The second-order valence-electron chi connectivity index (χ2n) is 2.89. The summed E-state index contributed by atoms with van der Waals surface area (Å²) in [6.07, 6.45) is 1.23. The van der Waals surface area contributed by atoms with E-state index in [1.54, 1.807) is 7.11 Å². The fourth-order valence-electron chi connectivity index (χ4n) is 1.24. The van der Waals surface area contributed by atoms with Crippen LogP contribution in [0.5, 0.6) is 0 Å².